The third-order valence-corrected chi connectivity index (χ3v) is 1.95. The second-order valence-electron chi connectivity index (χ2n) is 2.90. The molecule has 16 heavy (non-hydrogen) atoms. The molecule has 0 fully saturated rings. The lowest BCUT2D eigenvalue weighted by Crippen LogP contribution is -1.90. The van der Waals surface area contributed by atoms with Crippen molar-refractivity contribution in [2.24, 2.45) is 0 Å². The first-order valence-corrected chi connectivity index (χ1v) is 4.41. The zero-order chi connectivity index (χ0) is 12.0. The molecule has 0 heterocycles. The van der Waals surface area contributed by atoms with Gasteiger partial charge in [-0.3, -0.25) is 0 Å². The van der Waals surface area contributed by atoms with E-state index < -0.39 is 0 Å². The van der Waals surface area contributed by atoms with E-state index in [2.05, 4.69) is 11.4 Å². The van der Waals surface area contributed by atoms with E-state index in [1.165, 1.54) is 0 Å². The SMILES string of the molecule is [C-]#[N+]C(C#N)=C(C(=C)C#N)c1ccccc1. The van der Waals surface area contributed by atoms with Gasteiger partial charge >= 0.3 is 0 Å². The molecule has 0 aliphatic rings. The van der Waals surface area contributed by atoms with Crippen LogP contribution in [0.5, 0.6) is 0 Å². The van der Waals surface area contributed by atoms with E-state index in [1.807, 2.05) is 12.1 Å². The Morgan fingerprint density at radius 2 is 1.81 bits per heavy atom. The Balaban J connectivity index is 3.49. The maximum atomic E-state index is 8.83. The zero-order valence-corrected chi connectivity index (χ0v) is 8.44. The van der Waals surface area contributed by atoms with Crippen LogP contribution in [0, 0.1) is 29.2 Å². The molecule has 0 aliphatic heterocycles. The average molecular weight is 205 g/mol. The van der Waals surface area contributed by atoms with E-state index >= 15 is 0 Å². The largest absolute Gasteiger partial charge is 0.270 e. The minimum absolute atomic E-state index is 0.113. The van der Waals surface area contributed by atoms with Crippen LogP contribution in [0.15, 0.2) is 48.2 Å². The van der Waals surface area contributed by atoms with Crippen molar-refractivity contribution in [3.8, 4) is 12.1 Å². The van der Waals surface area contributed by atoms with E-state index in [0.717, 1.165) is 0 Å². The zero-order valence-electron chi connectivity index (χ0n) is 8.44. The van der Waals surface area contributed by atoms with Gasteiger partial charge < -0.3 is 0 Å². The number of nitrogens with zero attached hydrogens (tertiary/aromatic N) is 3. The molecule has 0 saturated carbocycles. The van der Waals surface area contributed by atoms with Gasteiger partial charge in [-0.1, -0.05) is 36.9 Å². The summed E-state index contributed by atoms with van der Waals surface area (Å²) >= 11 is 0. The van der Waals surface area contributed by atoms with Crippen LogP contribution >= 0.6 is 0 Å². The summed E-state index contributed by atoms with van der Waals surface area (Å²) in [7, 11) is 0. The Morgan fingerprint density at radius 3 is 2.25 bits per heavy atom. The first-order chi connectivity index (χ1) is 7.74. The van der Waals surface area contributed by atoms with Gasteiger partial charge in [-0.25, -0.2) is 10.1 Å². The fraction of sp³-hybridized carbons (Fsp3) is 0. The number of hydrogen-bond donors (Lipinski definition) is 0. The summed E-state index contributed by atoms with van der Waals surface area (Å²) < 4.78 is 0. The van der Waals surface area contributed by atoms with E-state index in [1.54, 1.807) is 30.3 Å². The van der Waals surface area contributed by atoms with Crippen LogP contribution in [-0.4, -0.2) is 0 Å². The maximum absolute atomic E-state index is 8.83. The van der Waals surface area contributed by atoms with E-state index in [-0.39, 0.29) is 11.3 Å². The van der Waals surface area contributed by atoms with Crippen LogP contribution in [0.3, 0.4) is 0 Å². The minimum Gasteiger partial charge on any atom is -0.226 e. The second-order valence-corrected chi connectivity index (χ2v) is 2.90. The predicted molar refractivity (Wildman–Crippen MR) is 60.3 cm³/mol. The first kappa shape index (κ1) is 11.2. The summed E-state index contributed by atoms with van der Waals surface area (Å²) in [4.78, 5) is 3.11. The van der Waals surface area contributed by atoms with Crippen LogP contribution in [0.2, 0.25) is 0 Å². The predicted octanol–water partition coefficient (Wildman–Crippen LogP) is 2.92. The Labute approximate surface area is 94.0 Å². The quantitative estimate of drug-likeness (QED) is 0.423. The van der Waals surface area contributed by atoms with Gasteiger partial charge in [0.15, 0.2) is 0 Å². The summed E-state index contributed by atoms with van der Waals surface area (Å²) in [5.74, 6) is 0. The summed E-state index contributed by atoms with van der Waals surface area (Å²) in [5, 5.41) is 17.6. The van der Waals surface area contributed by atoms with Gasteiger partial charge in [-0.15, -0.1) is 0 Å². The number of rotatable bonds is 2. The minimum atomic E-state index is -0.113. The molecule has 0 saturated heterocycles. The highest BCUT2D eigenvalue weighted by atomic mass is 14.7. The molecule has 0 aliphatic carbocycles. The molecule has 0 N–H and O–H groups in total. The summed E-state index contributed by atoms with van der Waals surface area (Å²) in [6.45, 7) is 10.5. The first-order valence-electron chi connectivity index (χ1n) is 4.41. The molecule has 3 heteroatoms. The Kier molecular flexibility index (Phi) is 3.62. The van der Waals surface area contributed by atoms with Gasteiger partial charge in [0.25, 0.3) is 5.70 Å². The maximum Gasteiger partial charge on any atom is 0.270 e. The number of nitriles is 2. The van der Waals surface area contributed by atoms with Gasteiger partial charge in [0, 0.05) is 11.1 Å². The van der Waals surface area contributed by atoms with Crippen molar-refractivity contribution in [1.82, 2.24) is 0 Å². The summed E-state index contributed by atoms with van der Waals surface area (Å²) in [5.41, 5.74) is 0.971. The molecule has 1 aromatic carbocycles. The monoisotopic (exact) mass is 205 g/mol. The highest BCUT2D eigenvalue weighted by Gasteiger charge is 2.12. The van der Waals surface area contributed by atoms with Crippen molar-refractivity contribution >= 4 is 5.57 Å². The lowest BCUT2D eigenvalue weighted by molar-refractivity contribution is 1.46. The second kappa shape index (κ2) is 5.15. The van der Waals surface area contributed by atoms with Gasteiger partial charge in [0.1, 0.15) is 0 Å². The van der Waals surface area contributed by atoms with E-state index in [9.17, 15) is 0 Å². The van der Waals surface area contributed by atoms with Crippen LogP contribution in [0.1, 0.15) is 5.56 Å². The van der Waals surface area contributed by atoms with Crippen LogP contribution in [0.4, 0.5) is 0 Å². The normalized spacial score (nSPS) is 10.3. The standard InChI is InChI=1S/C13H7N3/c1-10(8-14)13(12(9-15)16-2)11-6-4-3-5-7-11/h3-7H,1H2. The molecule has 0 radical (unpaired) electrons. The Hall–Kier alpha value is -2.83. The molecule has 74 valence electrons. The highest BCUT2D eigenvalue weighted by Crippen LogP contribution is 2.25. The van der Waals surface area contributed by atoms with Crippen molar-refractivity contribution in [1.29, 1.82) is 10.5 Å². The van der Waals surface area contributed by atoms with E-state index in [4.69, 9.17) is 17.1 Å². The molecule has 0 unspecified atom stereocenters. The third-order valence-electron chi connectivity index (χ3n) is 1.95. The number of allylic oxidation sites excluding steroid dienone is 3. The molecular weight excluding hydrogens is 198 g/mol. The van der Waals surface area contributed by atoms with Crippen LogP contribution in [-0.2, 0) is 0 Å². The fourth-order valence-electron chi connectivity index (χ4n) is 1.25. The molecule has 0 spiro atoms. The molecule has 0 aromatic heterocycles. The van der Waals surface area contributed by atoms with Crippen molar-refractivity contribution in [2.45, 2.75) is 0 Å². The fourth-order valence-corrected chi connectivity index (χ4v) is 1.25. The molecular formula is C13H7N3. The molecule has 0 amide bonds. The van der Waals surface area contributed by atoms with Gasteiger partial charge in [0.05, 0.1) is 18.7 Å². The molecule has 1 aromatic rings. The van der Waals surface area contributed by atoms with Crippen LogP contribution in [0.25, 0.3) is 10.4 Å². The van der Waals surface area contributed by atoms with Crippen molar-refractivity contribution in [3.05, 3.63) is 65.2 Å². The molecule has 0 atom stereocenters. The smallest absolute Gasteiger partial charge is 0.226 e. The Bertz CT molecular complexity index is 544. The lowest BCUT2D eigenvalue weighted by Gasteiger charge is -2.04. The lowest BCUT2D eigenvalue weighted by atomic mass is 9.98. The third kappa shape index (κ3) is 2.15. The number of hydrogen-bond acceptors (Lipinski definition) is 2. The van der Waals surface area contributed by atoms with Crippen molar-refractivity contribution in [2.75, 3.05) is 0 Å². The summed E-state index contributed by atoms with van der Waals surface area (Å²) in [6, 6.07) is 12.5. The van der Waals surface area contributed by atoms with Crippen LogP contribution < -0.4 is 0 Å². The summed E-state index contributed by atoms with van der Waals surface area (Å²) in [6.07, 6.45) is 0. The van der Waals surface area contributed by atoms with Gasteiger partial charge in [0.2, 0.25) is 0 Å². The molecule has 1 rings (SSSR count). The van der Waals surface area contributed by atoms with Gasteiger partial charge in [-0.2, -0.15) is 5.26 Å². The topological polar surface area (TPSA) is 51.9 Å². The van der Waals surface area contributed by atoms with Crippen molar-refractivity contribution in [3.63, 3.8) is 0 Å². The number of benzene rings is 1. The highest BCUT2D eigenvalue weighted by molar-refractivity contribution is 5.87. The molecule has 3 nitrogen and oxygen atoms in total. The molecule has 0 bridgehead atoms. The Morgan fingerprint density at radius 1 is 1.19 bits per heavy atom. The van der Waals surface area contributed by atoms with Gasteiger partial charge in [-0.05, 0) is 5.56 Å². The average Bonchev–Trinajstić information content (AvgIpc) is 2.36. The van der Waals surface area contributed by atoms with Crippen molar-refractivity contribution < 1.29 is 0 Å². The van der Waals surface area contributed by atoms with E-state index in [0.29, 0.717) is 11.1 Å².